The van der Waals surface area contributed by atoms with Gasteiger partial charge in [0.05, 0.1) is 5.92 Å². The Bertz CT molecular complexity index is 733. The van der Waals surface area contributed by atoms with E-state index in [0.717, 1.165) is 16.1 Å². The second-order valence-corrected chi connectivity index (χ2v) is 6.76. The number of hydrogen-bond donors (Lipinski definition) is 1. The van der Waals surface area contributed by atoms with Gasteiger partial charge in [0.15, 0.2) is 0 Å². The topological polar surface area (TPSA) is 49.4 Å². The third kappa shape index (κ3) is 3.97. The second kappa shape index (κ2) is 7.53. The van der Waals surface area contributed by atoms with Gasteiger partial charge < -0.3 is 10.2 Å². The summed E-state index contributed by atoms with van der Waals surface area (Å²) < 4.78 is 0. The van der Waals surface area contributed by atoms with E-state index >= 15 is 0 Å². The van der Waals surface area contributed by atoms with Crippen LogP contribution < -0.4 is 5.32 Å². The Labute approximate surface area is 146 Å². The van der Waals surface area contributed by atoms with E-state index in [2.05, 4.69) is 5.32 Å². The van der Waals surface area contributed by atoms with E-state index in [-0.39, 0.29) is 24.2 Å². The minimum Gasteiger partial charge on any atom is -0.338 e. The molecule has 0 unspecified atom stereocenters. The van der Waals surface area contributed by atoms with Gasteiger partial charge in [-0.1, -0.05) is 36.4 Å². The van der Waals surface area contributed by atoms with Crippen LogP contribution in [-0.4, -0.2) is 29.5 Å². The minimum absolute atomic E-state index is 0.0388. The van der Waals surface area contributed by atoms with Gasteiger partial charge in [-0.2, -0.15) is 0 Å². The Hall–Kier alpha value is -2.27. The summed E-state index contributed by atoms with van der Waals surface area (Å²) in [6.07, 6.45) is 2.28. The number of thioether (sulfide) groups is 1. The van der Waals surface area contributed by atoms with Gasteiger partial charge in [-0.25, -0.2) is 0 Å². The molecule has 1 saturated heterocycles. The fourth-order valence-electron chi connectivity index (χ4n) is 2.85. The molecule has 24 heavy (non-hydrogen) atoms. The molecule has 5 heteroatoms. The molecule has 1 atom stereocenters. The number of anilines is 1. The molecule has 1 aliphatic rings. The molecular weight excluding hydrogens is 320 g/mol. The zero-order valence-electron chi connectivity index (χ0n) is 13.6. The Morgan fingerprint density at radius 2 is 2.00 bits per heavy atom. The highest BCUT2D eigenvalue weighted by Gasteiger charge is 2.34. The smallest absolute Gasteiger partial charge is 0.229 e. The maximum Gasteiger partial charge on any atom is 0.229 e. The van der Waals surface area contributed by atoms with Gasteiger partial charge in [0.1, 0.15) is 0 Å². The van der Waals surface area contributed by atoms with Crippen molar-refractivity contribution in [3.63, 3.8) is 0 Å². The van der Waals surface area contributed by atoms with Gasteiger partial charge >= 0.3 is 0 Å². The average molecular weight is 340 g/mol. The van der Waals surface area contributed by atoms with Crippen LogP contribution in [0.3, 0.4) is 0 Å². The van der Waals surface area contributed by atoms with Crippen molar-refractivity contribution in [1.82, 2.24) is 4.90 Å². The van der Waals surface area contributed by atoms with E-state index in [9.17, 15) is 9.59 Å². The molecule has 0 aliphatic carbocycles. The van der Waals surface area contributed by atoms with Crippen LogP contribution in [0.5, 0.6) is 0 Å². The molecule has 2 aromatic carbocycles. The highest BCUT2D eigenvalue weighted by atomic mass is 32.2. The van der Waals surface area contributed by atoms with Crippen LogP contribution in [0.4, 0.5) is 5.69 Å². The summed E-state index contributed by atoms with van der Waals surface area (Å²) in [6, 6.07) is 17.6. The highest BCUT2D eigenvalue weighted by Crippen LogP contribution is 2.23. The number of carbonyl (C=O) groups excluding carboxylic acids is 2. The van der Waals surface area contributed by atoms with E-state index in [1.807, 2.05) is 60.9 Å². The van der Waals surface area contributed by atoms with E-state index < -0.39 is 0 Å². The van der Waals surface area contributed by atoms with Gasteiger partial charge in [-0.3, -0.25) is 9.59 Å². The summed E-state index contributed by atoms with van der Waals surface area (Å²) >= 11 is 1.63. The molecule has 2 aromatic rings. The fourth-order valence-corrected chi connectivity index (χ4v) is 3.31. The van der Waals surface area contributed by atoms with Crippen LogP contribution in [0.15, 0.2) is 59.5 Å². The molecule has 2 amide bonds. The van der Waals surface area contributed by atoms with Crippen LogP contribution in [-0.2, 0) is 16.1 Å². The van der Waals surface area contributed by atoms with Crippen LogP contribution in [0.1, 0.15) is 12.0 Å². The van der Waals surface area contributed by atoms with Crippen molar-refractivity contribution in [3.8, 4) is 0 Å². The quantitative estimate of drug-likeness (QED) is 0.849. The van der Waals surface area contributed by atoms with Gasteiger partial charge in [0.25, 0.3) is 0 Å². The number of amides is 2. The largest absolute Gasteiger partial charge is 0.338 e. The van der Waals surface area contributed by atoms with Crippen molar-refractivity contribution >= 4 is 29.3 Å². The molecule has 4 nitrogen and oxygen atoms in total. The molecule has 3 rings (SSSR count). The molecule has 0 bridgehead atoms. The summed E-state index contributed by atoms with van der Waals surface area (Å²) in [5.74, 6) is -0.340. The van der Waals surface area contributed by atoms with Crippen molar-refractivity contribution < 1.29 is 9.59 Å². The SMILES string of the molecule is CSc1cccc(NC(=O)[C@H]2CC(=O)N(Cc3ccccc3)C2)c1. The summed E-state index contributed by atoms with van der Waals surface area (Å²) in [4.78, 5) is 27.5. The number of hydrogen-bond acceptors (Lipinski definition) is 3. The first-order valence-electron chi connectivity index (χ1n) is 7.92. The maximum absolute atomic E-state index is 12.5. The monoisotopic (exact) mass is 340 g/mol. The predicted molar refractivity (Wildman–Crippen MR) is 96.8 cm³/mol. The number of rotatable bonds is 5. The number of nitrogens with zero attached hydrogens (tertiary/aromatic N) is 1. The molecule has 0 radical (unpaired) electrons. The van der Waals surface area contributed by atoms with Crippen molar-refractivity contribution in [2.24, 2.45) is 5.92 Å². The standard InChI is InChI=1S/C19H20N2O2S/c1-24-17-9-5-8-16(11-17)20-19(23)15-10-18(22)21(13-15)12-14-6-3-2-4-7-14/h2-9,11,15H,10,12-13H2,1H3,(H,20,23)/t15-/m0/s1. The summed E-state index contributed by atoms with van der Waals surface area (Å²) in [5.41, 5.74) is 1.86. The molecule has 1 heterocycles. The molecule has 0 spiro atoms. The maximum atomic E-state index is 12.5. The summed E-state index contributed by atoms with van der Waals surface area (Å²) in [5, 5.41) is 2.93. The summed E-state index contributed by atoms with van der Waals surface area (Å²) in [6.45, 7) is 1.03. The zero-order valence-corrected chi connectivity index (χ0v) is 14.4. The number of nitrogens with one attached hydrogen (secondary N) is 1. The van der Waals surface area contributed by atoms with E-state index in [1.54, 1.807) is 16.7 Å². The third-order valence-electron chi connectivity index (χ3n) is 4.14. The van der Waals surface area contributed by atoms with Crippen LogP contribution in [0.25, 0.3) is 0 Å². The lowest BCUT2D eigenvalue weighted by Gasteiger charge is -2.16. The first kappa shape index (κ1) is 16.6. The Morgan fingerprint density at radius 3 is 2.75 bits per heavy atom. The van der Waals surface area contributed by atoms with E-state index in [0.29, 0.717) is 13.1 Å². The van der Waals surface area contributed by atoms with Crippen molar-refractivity contribution in [2.45, 2.75) is 17.9 Å². The molecule has 1 fully saturated rings. The molecule has 1 aliphatic heterocycles. The molecular formula is C19H20N2O2S. The van der Waals surface area contributed by atoms with Crippen molar-refractivity contribution in [1.29, 1.82) is 0 Å². The Kier molecular flexibility index (Phi) is 5.20. The van der Waals surface area contributed by atoms with Gasteiger partial charge in [0.2, 0.25) is 11.8 Å². The normalized spacial score (nSPS) is 17.1. The van der Waals surface area contributed by atoms with Gasteiger partial charge in [0, 0.05) is 30.1 Å². The van der Waals surface area contributed by atoms with Gasteiger partial charge in [-0.15, -0.1) is 11.8 Å². The summed E-state index contributed by atoms with van der Waals surface area (Å²) in [7, 11) is 0. The third-order valence-corrected chi connectivity index (χ3v) is 4.86. The van der Waals surface area contributed by atoms with Crippen LogP contribution >= 0.6 is 11.8 Å². The second-order valence-electron chi connectivity index (χ2n) is 5.88. The Morgan fingerprint density at radius 1 is 1.21 bits per heavy atom. The Balaban J connectivity index is 1.61. The average Bonchev–Trinajstić information content (AvgIpc) is 2.97. The first-order valence-corrected chi connectivity index (χ1v) is 9.15. The minimum atomic E-state index is -0.292. The lowest BCUT2D eigenvalue weighted by molar-refractivity contribution is -0.128. The number of benzene rings is 2. The van der Waals surface area contributed by atoms with Crippen LogP contribution in [0, 0.1) is 5.92 Å². The molecule has 0 saturated carbocycles. The lowest BCUT2D eigenvalue weighted by atomic mass is 10.1. The molecule has 0 aromatic heterocycles. The highest BCUT2D eigenvalue weighted by molar-refractivity contribution is 7.98. The molecule has 1 N–H and O–H groups in total. The number of likely N-dealkylation sites (tertiary alicyclic amines) is 1. The first-order chi connectivity index (χ1) is 11.7. The fraction of sp³-hybridized carbons (Fsp3) is 0.263. The predicted octanol–water partition coefficient (Wildman–Crippen LogP) is 3.40. The van der Waals surface area contributed by atoms with Gasteiger partial charge in [-0.05, 0) is 30.0 Å². The van der Waals surface area contributed by atoms with Crippen LogP contribution in [0.2, 0.25) is 0 Å². The van der Waals surface area contributed by atoms with Crippen molar-refractivity contribution in [2.75, 3.05) is 18.1 Å². The number of carbonyl (C=O) groups is 2. The van der Waals surface area contributed by atoms with E-state index in [4.69, 9.17) is 0 Å². The zero-order chi connectivity index (χ0) is 16.9. The molecule has 124 valence electrons. The van der Waals surface area contributed by atoms with E-state index in [1.165, 1.54) is 0 Å². The lowest BCUT2D eigenvalue weighted by Crippen LogP contribution is -2.28. The van der Waals surface area contributed by atoms with Crippen molar-refractivity contribution in [3.05, 3.63) is 60.2 Å².